The minimum Gasteiger partial charge on any atom is -0.493 e. The van der Waals surface area contributed by atoms with Crippen molar-refractivity contribution < 1.29 is 62.0 Å². The van der Waals surface area contributed by atoms with Crippen LogP contribution in [0.2, 0.25) is 0 Å². The van der Waals surface area contributed by atoms with Crippen molar-refractivity contribution in [2.45, 2.75) is 103 Å². The molecule has 21 heteroatoms. The molecule has 85 heavy (non-hydrogen) atoms. The van der Waals surface area contributed by atoms with E-state index >= 15 is 0 Å². The van der Waals surface area contributed by atoms with Gasteiger partial charge in [-0.25, -0.2) is 4.79 Å². The molecule has 0 fully saturated rings. The van der Waals surface area contributed by atoms with Crippen LogP contribution in [-0.2, 0) is 61.3 Å². The minimum atomic E-state index is -0.967. The first kappa shape index (κ1) is 58.4. The number of ether oxygens (including phenoxy) is 6. The van der Waals surface area contributed by atoms with Crippen LogP contribution in [0.15, 0.2) is 120 Å². The molecule has 0 spiro atoms. The van der Waals surface area contributed by atoms with Gasteiger partial charge in [0.25, 0.3) is 11.8 Å². The summed E-state index contributed by atoms with van der Waals surface area (Å²) in [5.41, 5.74) is 7.12. The van der Waals surface area contributed by atoms with Crippen LogP contribution in [0.5, 0.6) is 23.0 Å². The molecule has 1 aromatic heterocycles. The van der Waals surface area contributed by atoms with E-state index in [1.54, 1.807) is 84.5 Å². The van der Waals surface area contributed by atoms with Crippen LogP contribution in [0.3, 0.4) is 0 Å². The lowest BCUT2D eigenvalue weighted by Crippen LogP contribution is -2.53. The Morgan fingerprint density at radius 2 is 1.26 bits per heavy atom. The summed E-state index contributed by atoms with van der Waals surface area (Å²) in [7, 11) is 4.28. The van der Waals surface area contributed by atoms with E-state index in [4.69, 9.17) is 33.7 Å². The Labute approximate surface area is 491 Å². The number of amides is 6. The fourth-order valence-corrected chi connectivity index (χ4v) is 10.9. The molecule has 21 nitrogen and oxygen atoms in total. The maximum absolute atomic E-state index is 14.7. The highest BCUT2D eigenvalue weighted by molar-refractivity contribution is 6.16. The maximum atomic E-state index is 14.7. The van der Waals surface area contributed by atoms with E-state index in [0.29, 0.717) is 71.1 Å². The van der Waals surface area contributed by atoms with Crippen molar-refractivity contribution in [3.05, 3.63) is 154 Å². The Balaban J connectivity index is 0.792. The number of aliphatic imine (C=N–C) groups is 1. The molecular weight excluding hydrogens is 1090 g/mol. The van der Waals surface area contributed by atoms with Gasteiger partial charge in [0.2, 0.25) is 17.7 Å². The molecule has 0 saturated carbocycles. The second-order valence-corrected chi connectivity index (χ2v) is 21.4. The number of aromatic nitrogens is 1. The number of nitrogens with one attached hydrogen (secondary N) is 3. The molecular formula is C64H66N8O13. The van der Waals surface area contributed by atoms with E-state index in [-0.39, 0.29) is 97.6 Å². The normalized spacial score (nSPS) is 16.0. The summed E-state index contributed by atoms with van der Waals surface area (Å²) in [6.07, 6.45) is 3.47. The van der Waals surface area contributed by atoms with Crippen molar-refractivity contribution >= 4 is 76.2 Å². The van der Waals surface area contributed by atoms with Crippen molar-refractivity contribution in [1.29, 1.82) is 0 Å². The summed E-state index contributed by atoms with van der Waals surface area (Å²) in [6, 6.07) is 31.6. The van der Waals surface area contributed by atoms with Crippen LogP contribution in [0.25, 0.3) is 0 Å². The van der Waals surface area contributed by atoms with Gasteiger partial charge in [0.1, 0.15) is 31.9 Å². The second kappa shape index (κ2) is 25.8. The number of pyridine rings is 1. The molecule has 0 unspecified atom stereocenters. The molecule has 3 N–H and O–H groups in total. The van der Waals surface area contributed by atoms with Crippen molar-refractivity contribution in [2.75, 3.05) is 47.9 Å². The Bertz CT molecular complexity index is 3590. The van der Waals surface area contributed by atoms with Gasteiger partial charge >= 0.3 is 12.1 Å². The van der Waals surface area contributed by atoms with E-state index in [1.165, 1.54) is 33.2 Å². The number of nitrogens with zero attached hydrogens (tertiary/aromatic N) is 5. The van der Waals surface area contributed by atoms with Crippen molar-refractivity contribution in [1.82, 2.24) is 15.6 Å². The molecule has 6 aromatic rings. The fourth-order valence-electron chi connectivity index (χ4n) is 10.9. The highest BCUT2D eigenvalue weighted by atomic mass is 16.6. The van der Waals surface area contributed by atoms with Crippen LogP contribution in [0, 0.1) is 5.92 Å². The lowest BCUT2D eigenvalue weighted by molar-refractivity contribution is -0.140. The van der Waals surface area contributed by atoms with E-state index in [2.05, 4.69) is 20.7 Å². The summed E-state index contributed by atoms with van der Waals surface area (Å²) in [6.45, 7) is 5.04. The van der Waals surface area contributed by atoms with E-state index in [0.717, 1.165) is 22.5 Å². The number of para-hydroxylation sites is 2. The third-order valence-corrected chi connectivity index (χ3v) is 15.3. The van der Waals surface area contributed by atoms with Gasteiger partial charge in [-0.1, -0.05) is 68.4 Å². The van der Waals surface area contributed by atoms with E-state index in [9.17, 15) is 33.6 Å². The summed E-state index contributed by atoms with van der Waals surface area (Å²) in [5, 5.41) is 8.22. The van der Waals surface area contributed by atoms with Gasteiger partial charge in [-0.3, -0.25) is 48.5 Å². The first-order chi connectivity index (χ1) is 41.1. The fraction of sp³-hybridized carbons (Fsp3) is 0.328. The van der Waals surface area contributed by atoms with E-state index < -0.39 is 36.0 Å². The van der Waals surface area contributed by atoms with Crippen LogP contribution < -0.4 is 49.6 Å². The zero-order valence-electron chi connectivity index (χ0n) is 48.0. The zero-order valence-corrected chi connectivity index (χ0v) is 48.0. The first-order valence-corrected chi connectivity index (χ1v) is 28.1. The topological polar surface area (TPSA) is 246 Å². The largest absolute Gasteiger partial charge is 0.493 e. The van der Waals surface area contributed by atoms with Gasteiger partial charge in [0, 0.05) is 54.7 Å². The standard InChI is InChI=1S/C64H66N8O13/c1-37(2)59(69-57(73)20-11-12-21-58(74)82-6)61(76)66-38(3)60(75)68-42-24-22-39(23-25-42)34-85-64(79)70-33-46-27-41-15-8-10-19-51(41)72(46)63(78)48-29-54(81-5)56(31-52(48)70)84-36-44-17-13-16-43(67-44)35-83-55-30-49-47(28-53(55)80-4)62(77)71-45(32-65-49)26-40-14-7-9-18-50(40)71/h7-10,13-19,22-25,28-32,37-38,45-46,59H,11-12,20-21,26-27,33-36H2,1-6H3,(H,66,76)(H,68,75)(H,69,73)/t38-,45-,46-,59-/m0/s1. The highest BCUT2D eigenvalue weighted by Gasteiger charge is 2.43. The third kappa shape index (κ3) is 12.9. The molecule has 0 radical (unpaired) electrons. The summed E-state index contributed by atoms with van der Waals surface area (Å²) in [4.78, 5) is 108. The Hall–Kier alpha value is -9.79. The molecule has 10 rings (SSSR count). The number of hydrogen-bond acceptors (Lipinski definition) is 15. The zero-order chi connectivity index (χ0) is 59.9. The number of carbonyl (C=O) groups is 7. The average molecular weight is 1160 g/mol. The molecule has 5 heterocycles. The van der Waals surface area contributed by atoms with Crippen LogP contribution in [0.1, 0.15) is 95.2 Å². The Morgan fingerprint density at radius 3 is 1.93 bits per heavy atom. The summed E-state index contributed by atoms with van der Waals surface area (Å²) >= 11 is 0. The predicted molar refractivity (Wildman–Crippen MR) is 316 cm³/mol. The predicted octanol–water partition coefficient (Wildman–Crippen LogP) is 8.59. The lowest BCUT2D eigenvalue weighted by Gasteiger charge is -2.26. The summed E-state index contributed by atoms with van der Waals surface area (Å²) < 4.78 is 34.8. The number of methoxy groups -OCH3 is 3. The number of unbranched alkanes of at least 4 members (excludes halogenated alkanes) is 1. The highest BCUT2D eigenvalue weighted by Crippen LogP contribution is 2.44. The van der Waals surface area contributed by atoms with Crippen LogP contribution >= 0.6 is 0 Å². The first-order valence-electron chi connectivity index (χ1n) is 28.1. The minimum absolute atomic E-state index is 0.0335. The Kier molecular flexibility index (Phi) is 17.7. The molecule has 6 amide bonds. The van der Waals surface area contributed by atoms with Gasteiger partial charge in [-0.15, -0.1) is 0 Å². The lowest BCUT2D eigenvalue weighted by atomic mass is 10.0. The van der Waals surface area contributed by atoms with Gasteiger partial charge in [0.05, 0.1) is 73.8 Å². The third-order valence-electron chi connectivity index (χ3n) is 15.3. The molecule has 0 aliphatic carbocycles. The van der Waals surface area contributed by atoms with Crippen LogP contribution in [0.4, 0.5) is 33.2 Å². The van der Waals surface area contributed by atoms with Crippen molar-refractivity contribution in [3.8, 4) is 23.0 Å². The van der Waals surface area contributed by atoms with E-state index in [1.807, 2.05) is 60.7 Å². The maximum Gasteiger partial charge on any atom is 0.414 e. The molecule has 0 saturated heterocycles. The molecule has 0 bridgehead atoms. The number of benzene rings is 5. The molecule has 5 aromatic carbocycles. The smallest absolute Gasteiger partial charge is 0.414 e. The average Bonchev–Trinajstić information content (AvgIpc) is 1.98. The Morgan fingerprint density at radius 1 is 0.635 bits per heavy atom. The summed E-state index contributed by atoms with van der Waals surface area (Å²) in [5.74, 6) is -1.26. The van der Waals surface area contributed by atoms with Crippen molar-refractivity contribution in [3.63, 3.8) is 0 Å². The van der Waals surface area contributed by atoms with Gasteiger partial charge in [0.15, 0.2) is 23.0 Å². The monoisotopic (exact) mass is 1150 g/mol. The molecule has 4 aliphatic rings. The van der Waals surface area contributed by atoms with Crippen molar-refractivity contribution in [2.24, 2.45) is 10.9 Å². The quantitative estimate of drug-likeness (QED) is 0.0451. The number of fused-ring (bicyclic) bond motifs is 8. The molecule has 440 valence electrons. The van der Waals surface area contributed by atoms with Gasteiger partial charge in [-0.05, 0) is 97.3 Å². The number of hydrogen-bond donors (Lipinski definition) is 3. The number of rotatable bonds is 21. The van der Waals surface area contributed by atoms with Gasteiger partial charge < -0.3 is 49.3 Å². The number of esters is 1. The SMILES string of the molecule is COC(=O)CCCCC(=O)N[C@H](C(=O)N[C@@H](C)C(=O)Nc1ccc(COC(=O)N2C[C@@H]3Cc4ccccc4N3C(=O)c3cc(OC)c(OCc4cccc(COc5cc6c(cc5OC)C(=O)N5c7ccccc7C[C@H]5C=N6)n4)cc32)cc1)C(C)C. The van der Waals surface area contributed by atoms with Crippen LogP contribution in [-0.4, -0.2) is 105 Å². The molecule has 4 atom stereocenters. The number of anilines is 4. The molecule has 4 aliphatic heterocycles. The number of carbonyl (C=O) groups excluding carboxylic acids is 7. The van der Waals surface area contributed by atoms with Gasteiger partial charge in [-0.2, -0.15) is 0 Å². The second-order valence-electron chi connectivity index (χ2n) is 21.4.